The molecule has 4 atom stereocenters. The van der Waals surface area contributed by atoms with Gasteiger partial charge in [-0.25, -0.2) is 0 Å². The molecule has 1 N–H and O–H groups in total. The molecular weight excluding hydrogens is 222 g/mol. The van der Waals surface area contributed by atoms with Gasteiger partial charge in [-0.05, 0) is 63.8 Å². The summed E-state index contributed by atoms with van der Waals surface area (Å²) in [6.45, 7) is 11.3. The minimum absolute atomic E-state index is 0.537. The molecule has 0 spiro atoms. The third kappa shape index (κ3) is 6.19. The van der Waals surface area contributed by atoms with E-state index in [0.717, 1.165) is 25.0 Å². The zero-order valence-electron chi connectivity index (χ0n) is 12.9. The third-order valence-electron chi connectivity index (χ3n) is 4.43. The summed E-state index contributed by atoms with van der Waals surface area (Å²) in [6.07, 6.45) is 8.08. The molecule has 0 aliphatic heterocycles. The van der Waals surface area contributed by atoms with Crippen molar-refractivity contribution in [2.45, 2.75) is 78.4 Å². The molecule has 0 radical (unpaired) electrons. The van der Waals surface area contributed by atoms with Crippen molar-refractivity contribution in [3.05, 3.63) is 0 Å². The van der Waals surface area contributed by atoms with E-state index >= 15 is 0 Å². The van der Waals surface area contributed by atoms with E-state index in [1.165, 1.54) is 38.5 Å². The Labute approximate surface area is 114 Å². The van der Waals surface area contributed by atoms with Crippen LogP contribution in [0.25, 0.3) is 0 Å². The molecule has 0 saturated heterocycles. The van der Waals surface area contributed by atoms with Crippen LogP contribution in [0.2, 0.25) is 0 Å². The minimum Gasteiger partial charge on any atom is -0.378 e. The summed E-state index contributed by atoms with van der Waals surface area (Å²) in [7, 11) is 0. The lowest BCUT2D eigenvalue weighted by Gasteiger charge is -2.32. The summed E-state index contributed by atoms with van der Waals surface area (Å²) in [4.78, 5) is 0. The zero-order chi connectivity index (χ0) is 13.4. The van der Waals surface area contributed by atoms with Crippen molar-refractivity contribution in [1.82, 2.24) is 5.32 Å². The van der Waals surface area contributed by atoms with Crippen LogP contribution in [0.15, 0.2) is 0 Å². The molecule has 0 heterocycles. The SMILES string of the molecule is CCCNC(C)CCCOC1CCC(C)C(C)C1. The van der Waals surface area contributed by atoms with Crippen LogP contribution in [0.5, 0.6) is 0 Å². The first-order valence-electron chi connectivity index (χ1n) is 7.98. The van der Waals surface area contributed by atoms with E-state index in [9.17, 15) is 0 Å². The third-order valence-corrected chi connectivity index (χ3v) is 4.43. The van der Waals surface area contributed by atoms with Crippen LogP contribution in [0.1, 0.15) is 66.2 Å². The van der Waals surface area contributed by atoms with Crippen LogP contribution in [0, 0.1) is 11.8 Å². The molecule has 2 heteroatoms. The van der Waals surface area contributed by atoms with E-state index in [-0.39, 0.29) is 0 Å². The number of rotatable bonds is 8. The van der Waals surface area contributed by atoms with Gasteiger partial charge in [-0.1, -0.05) is 20.8 Å². The Morgan fingerprint density at radius 1 is 1.22 bits per heavy atom. The van der Waals surface area contributed by atoms with E-state index in [1.807, 2.05) is 0 Å². The van der Waals surface area contributed by atoms with Gasteiger partial charge in [0, 0.05) is 12.6 Å². The molecule has 0 aromatic rings. The van der Waals surface area contributed by atoms with Gasteiger partial charge in [-0.3, -0.25) is 0 Å². The summed E-state index contributed by atoms with van der Waals surface area (Å²) < 4.78 is 6.03. The molecule has 1 aliphatic carbocycles. The standard InChI is InChI=1S/C16H33NO/c1-5-10-17-15(4)7-6-11-18-16-9-8-13(2)14(3)12-16/h13-17H,5-12H2,1-4H3. The van der Waals surface area contributed by atoms with Crippen molar-refractivity contribution in [3.63, 3.8) is 0 Å². The van der Waals surface area contributed by atoms with Gasteiger partial charge in [-0.2, -0.15) is 0 Å². The predicted octanol–water partition coefficient (Wildman–Crippen LogP) is 4.00. The zero-order valence-corrected chi connectivity index (χ0v) is 12.9. The highest BCUT2D eigenvalue weighted by Gasteiger charge is 2.24. The topological polar surface area (TPSA) is 21.3 Å². The summed E-state index contributed by atoms with van der Waals surface area (Å²) >= 11 is 0. The van der Waals surface area contributed by atoms with E-state index in [0.29, 0.717) is 12.1 Å². The number of nitrogens with one attached hydrogen (secondary N) is 1. The monoisotopic (exact) mass is 255 g/mol. The molecule has 2 nitrogen and oxygen atoms in total. The molecule has 108 valence electrons. The normalized spacial score (nSPS) is 30.3. The lowest BCUT2D eigenvalue weighted by molar-refractivity contribution is 0.000581. The highest BCUT2D eigenvalue weighted by Crippen LogP contribution is 2.30. The number of hydrogen-bond donors (Lipinski definition) is 1. The smallest absolute Gasteiger partial charge is 0.0577 e. The van der Waals surface area contributed by atoms with Gasteiger partial charge in [0.25, 0.3) is 0 Å². The Hall–Kier alpha value is -0.0800. The fourth-order valence-corrected chi connectivity index (χ4v) is 2.78. The maximum absolute atomic E-state index is 6.03. The van der Waals surface area contributed by atoms with Crippen LogP contribution in [0.4, 0.5) is 0 Å². The van der Waals surface area contributed by atoms with Crippen molar-refractivity contribution in [1.29, 1.82) is 0 Å². The molecule has 0 aromatic heterocycles. The Morgan fingerprint density at radius 3 is 2.67 bits per heavy atom. The first-order chi connectivity index (χ1) is 8.63. The Bertz CT molecular complexity index is 207. The highest BCUT2D eigenvalue weighted by atomic mass is 16.5. The summed E-state index contributed by atoms with van der Waals surface area (Å²) in [5.41, 5.74) is 0. The summed E-state index contributed by atoms with van der Waals surface area (Å²) in [6, 6.07) is 0.638. The van der Waals surface area contributed by atoms with E-state index in [2.05, 4.69) is 33.0 Å². The Kier molecular flexibility index (Phi) is 7.92. The largest absolute Gasteiger partial charge is 0.378 e. The van der Waals surface area contributed by atoms with Gasteiger partial charge >= 0.3 is 0 Å². The van der Waals surface area contributed by atoms with Crippen LogP contribution >= 0.6 is 0 Å². The van der Waals surface area contributed by atoms with E-state index < -0.39 is 0 Å². The van der Waals surface area contributed by atoms with Crippen LogP contribution < -0.4 is 5.32 Å². The second kappa shape index (κ2) is 8.92. The van der Waals surface area contributed by atoms with Gasteiger partial charge in [-0.15, -0.1) is 0 Å². The molecule has 1 saturated carbocycles. The molecule has 1 rings (SSSR count). The van der Waals surface area contributed by atoms with Crippen molar-refractivity contribution in [2.75, 3.05) is 13.2 Å². The fraction of sp³-hybridized carbons (Fsp3) is 1.00. The average molecular weight is 255 g/mol. The van der Waals surface area contributed by atoms with E-state index in [1.54, 1.807) is 0 Å². The lowest BCUT2D eigenvalue weighted by Crippen LogP contribution is -2.28. The maximum Gasteiger partial charge on any atom is 0.0577 e. The summed E-state index contributed by atoms with van der Waals surface area (Å²) in [5, 5.41) is 3.53. The quantitative estimate of drug-likeness (QED) is 0.662. The van der Waals surface area contributed by atoms with Crippen molar-refractivity contribution >= 4 is 0 Å². The van der Waals surface area contributed by atoms with Crippen molar-refractivity contribution in [2.24, 2.45) is 11.8 Å². The van der Waals surface area contributed by atoms with Crippen molar-refractivity contribution in [3.8, 4) is 0 Å². The molecule has 4 unspecified atom stereocenters. The van der Waals surface area contributed by atoms with Crippen LogP contribution in [-0.4, -0.2) is 25.3 Å². The Morgan fingerprint density at radius 2 is 2.00 bits per heavy atom. The molecular formula is C16H33NO. The fourth-order valence-electron chi connectivity index (χ4n) is 2.78. The number of hydrogen-bond acceptors (Lipinski definition) is 2. The highest BCUT2D eigenvalue weighted by molar-refractivity contribution is 4.75. The average Bonchev–Trinajstić information content (AvgIpc) is 2.36. The first-order valence-corrected chi connectivity index (χ1v) is 7.98. The second-order valence-corrected chi connectivity index (χ2v) is 6.26. The predicted molar refractivity (Wildman–Crippen MR) is 78.9 cm³/mol. The van der Waals surface area contributed by atoms with Crippen molar-refractivity contribution < 1.29 is 4.74 Å². The molecule has 1 aliphatic rings. The lowest BCUT2D eigenvalue weighted by atomic mass is 9.80. The molecule has 0 amide bonds. The minimum atomic E-state index is 0.537. The van der Waals surface area contributed by atoms with E-state index in [4.69, 9.17) is 4.74 Å². The van der Waals surface area contributed by atoms with Gasteiger partial charge in [0.1, 0.15) is 0 Å². The number of ether oxygens (including phenoxy) is 1. The van der Waals surface area contributed by atoms with Crippen LogP contribution in [0.3, 0.4) is 0 Å². The maximum atomic E-state index is 6.03. The van der Waals surface area contributed by atoms with Gasteiger partial charge < -0.3 is 10.1 Å². The molecule has 0 bridgehead atoms. The molecule has 1 fully saturated rings. The second-order valence-electron chi connectivity index (χ2n) is 6.26. The van der Waals surface area contributed by atoms with Gasteiger partial charge in [0.05, 0.1) is 6.10 Å². The molecule has 0 aromatic carbocycles. The van der Waals surface area contributed by atoms with Gasteiger partial charge in [0.15, 0.2) is 0 Å². The van der Waals surface area contributed by atoms with Crippen LogP contribution in [-0.2, 0) is 4.74 Å². The first kappa shape index (κ1) is 16.0. The molecule has 18 heavy (non-hydrogen) atoms. The Balaban J connectivity index is 2.01. The summed E-state index contributed by atoms with van der Waals surface area (Å²) in [5.74, 6) is 1.73. The van der Waals surface area contributed by atoms with Gasteiger partial charge in [0.2, 0.25) is 0 Å².